The molecule has 2 amide bonds. The maximum absolute atomic E-state index is 13.0. The van der Waals surface area contributed by atoms with E-state index in [9.17, 15) is 9.59 Å². The predicted octanol–water partition coefficient (Wildman–Crippen LogP) is 3.96. The number of hydrogen-bond donors (Lipinski definition) is 0. The van der Waals surface area contributed by atoms with Crippen molar-refractivity contribution in [2.75, 3.05) is 13.1 Å². The van der Waals surface area contributed by atoms with Crippen LogP contribution < -0.4 is 0 Å². The third kappa shape index (κ3) is 4.38. The van der Waals surface area contributed by atoms with Crippen LogP contribution in [0.4, 0.5) is 0 Å². The van der Waals surface area contributed by atoms with Crippen LogP contribution in [0.25, 0.3) is 0 Å². The lowest BCUT2D eigenvalue weighted by atomic mass is 10.1. The number of benzene rings is 2. The number of rotatable bonds is 4. The molecule has 1 fully saturated rings. The van der Waals surface area contributed by atoms with Crippen molar-refractivity contribution in [3.05, 3.63) is 70.8 Å². The fourth-order valence-corrected chi connectivity index (χ4v) is 3.61. The predicted molar refractivity (Wildman–Crippen MR) is 108 cm³/mol. The van der Waals surface area contributed by atoms with Gasteiger partial charge in [0.2, 0.25) is 5.91 Å². The quantitative estimate of drug-likeness (QED) is 0.824. The van der Waals surface area contributed by atoms with E-state index in [0.29, 0.717) is 31.6 Å². The van der Waals surface area contributed by atoms with E-state index in [1.165, 1.54) is 5.56 Å². The van der Waals surface area contributed by atoms with Crippen molar-refractivity contribution in [2.45, 2.75) is 46.2 Å². The summed E-state index contributed by atoms with van der Waals surface area (Å²) in [5, 5.41) is 0. The average molecular weight is 364 g/mol. The highest BCUT2D eigenvalue weighted by atomic mass is 16.2. The molecule has 0 bridgehead atoms. The monoisotopic (exact) mass is 364 g/mol. The van der Waals surface area contributed by atoms with Gasteiger partial charge in [-0.1, -0.05) is 43.3 Å². The second-order valence-electron chi connectivity index (χ2n) is 7.37. The Morgan fingerprint density at radius 2 is 1.81 bits per heavy atom. The van der Waals surface area contributed by atoms with Crippen molar-refractivity contribution >= 4 is 11.8 Å². The zero-order chi connectivity index (χ0) is 19.4. The Morgan fingerprint density at radius 3 is 2.48 bits per heavy atom. The maximum Gasteiger partial charge on any atom is 0.253 e. The van der Waals surface area contributed by atoms with E-state index in [1.807, 2.05) is 72.2 Å². The van der Waals surface area contributed by atoms with Crippen molar-refractivity contribution in [3.63, 3.8) is 0 Å². The van der Waals surface area contributed by atoms with E-state index in [0.717, 1.165) is 17.5 Å². The Balaban J connectivity index is 1.79. The smallest absolute Gasteiger partial charge is 0.253 e. The summed E-state index contributed by atoms with van der Waals surface area (Å²) in [7, 11) is 0. The fraction of sp³-hybridized carbons (Fsp3) is 0.391. The lowest BCUT2D eigenvalue weighted by Crippen LogP contribution is -2.43. The minimum Gasteiger partial charge on any atom is -0.336 e. The first-order valence-corrected chi connectivity index (χ1v) is 9.69. The molecule has 1 saturated heterocycles. The van der Waals surface area contributed by atoms with Crippen LogP contribution in [0, 0.1) is 13.8 Å². The first-order valence-electron chi connectivity index (χ1n) is 9.69. The van der Waals surface area contributed by atoms with Crippen LogP contribution in [0.15, 0.2) is 48.5 Å². The molecule has 1 aliphatic heterocycles. The van der Waals surface area contributed by atoms with Gasteiger partial charge in [-0.25, -0.2) is 0 Å². The molecule has 2 aromatic carbocycles. The van der Waals surface area contributed by atoms with E-state index in [2.05, 4.69) is 6.92 Å². The van der Waals surface area contributed by atoms with Gasteiger partial charge in [0.1, 0.15) is 0 Å². The Kier molecular flexibility index (Phi) is 5.94. The molecular weight excluding hydrogens is 336 g/mol. The Morgan fingerprint density at radius 1 is 1.07 bits per heavy atom. The lowest BCUT2D eigenvalue weighted by Gasteiger charge is -2.31. The van der Waals surface area contributed by atoms with Crippen molar-refractivity contribution in [3.8, 4) is 0 Å². The minimum atomic E-state index is 0.0194. The maximum atomic E-state index is 13.0. The van der Waals surface area contributed by atoms with Crippen molar-refractivity contribution in [2.24, 2.45) is 0 Å². The van der Waals surface area contributed by atoms with Gasteiger partial charge in [-0.3, -0.25) is 9.59 Å². The number of carbonyl (C=O) groups excluding carboxylic acids is 2. The minimum absolute atomic E-state index is 0.0194. The van der Waals surface area contributed by atoms with Crippen LogP contribution in [-0.4, -0.2) is 40.7 Å². The number of aryl methyl sites for hydroxylation is 2. The third-order valence-corrected chi connectivity index (χ3v) is 5.50. The zero-order valence-electron chi connectivity index (χ0n) is 16.4. The molecule has 0 N–H and O–H groups in total. The summed E-state index contributed by atoms with van der Waals surface area (Å²) < 4.78 is 0. The van der Waals surface area contributed by atoms with Crippen LogP contribution in [-0.2, 0) is 11.3 Å². The van der Waals surface area contributed by atoms with Crippen LogP contribution in [0.1, 0.15) is 46.8 Å². The van der Waals surface area contributed by atoms with Gasteiger partial charge in [0, 0.05) is 37.7 Å². The van der Waals surface area contributed by atoms with Gasteiger partial charge in [-0.2, -0.15) is 0 Å². The first kappa shape index (κ1) is 19.2. The van der Waals surface area contributed by atoms with Crippen molar-refractivity contribution < 1.29 is 9.59 Å². The molecule has 4 heteroatoms. The molecule has 0 radical (unpaired) electrons. The van der Waals surface area contributed by atoms with E-state index < -0.39 is 0 Å². The summed E-state index contributed by atoms with van der Waals surface area (Å²) in [6.45, 7) is 7.81. The molecule has 2 aromatic rings. The van der Waals surface area contributed by atoms with Crippen molar-refractivity contribution in [1.82, 2.24) is 9.80 Å². The average Bonchev–Trinajstić information content (AvgIpc) is 2.84. The normalized spacial score (nSPS) is 17.7. The lowest BCUT2D eigenvalue weighted by molar-refractivity contribution is -0.133. The molecule has 1 unspecified atom stereocenters. The van der Waals surface area contributed by atoms with Gasteiger partial charge in [0.15, 0.2) is 0 Å². The third-order valence-electron chi connectivity index (χ3n) is 5.50. The van der Waals surface area contributed by atoms with Crippen LogP contribution in [0.2, 0.25) is 0 Å². The molecule has 0 saturated carbocycles. The second kappa shape index (κ2) is 8.38. The molecule has 0 aromatic heterocycles. The SMILES string of the molecule is CCC1CN(C(=O)c2ccc(C)c(C)c2)CCC(=O)N1Cc1ccccc1. The molecule has 0 aliphatic carbocycles. The first-order chi connectivity index (χ1) is 13.0. The van der Waals surface area contributed by atoms with E-state index in [1.54, 1.807) is 0 Å². The van der Waals surface area contributed by atoms with Crippen LogP contribution in [0.5, 0.6) is 0 Å². The number of carbonyl (C=O) groups is 2. The Bertz CT molecular complexity index is 816. The molecular formula is C23H28N2O2. The summed E-state index contributed by atoms with van der Waals surface area (Å²) >= 11 is 0. The van der Waals surface area contributed by atoms with Gasteiger partial charge in [-0.05, 0) is 49.1 Å². The fourth-order valence-electron chi connectivity index (χ4n) is 3.61. The van der Waals surface area contributed by atoms with Gasteiger partial charge in [0.25, 0.3) is 5.91 Å². The van der Waals surface area contributed by atoms with Gasteiger partial charge in [-0.15, -0.1) is 0 Å². The van der Waals surface area contributed by atoms with E-state index in [4.69, 9.17) is 0 Å². The highest BCUT2D eigenvalue weighted by Gasteiger charge is 2.31. The van der Waals surface area contributed by atoms with E-state index >= 15 is 0 Å². The Hall–Kier alpha value is -2.62. The number of nitrogens with zero attached hydrogens (tertiary/aromatic N) is 2. The van der Waals surface area contributed by atoms with Crippen LogP contribution >= 0.6 is 0 Å². The summed E-state index contributed by atoms with van der Waals surface area (Å²) in [5.41, 5.74) is 4.12. The largest absolute Gasteiger partial charge is 0.336 e. The van der Waals surface area contributed by atoms with Gasteiger partial charge in [0.05, 0.1) is 0 Å². The number of hydrogen-bond acceptors (Lipinski definition) is 2. The summed E-state index contributed by atoms with van der Waals surface area (Å²) in [4.78, 5) is 29.6. The molecule has 3 rings (SSSR count). The van der Waals surface area contributed by atoms with Gasteiger partial charge < -0.3 is 9.80 Å². The Labute approximate surface area is 161 Å². The summed E-state index contributed by atoms with van der Waals surface area (Å²) in [6, 6.07) is 15.9. The highest BCUT2D eigenvalue weighted by Crippen LogP contribution is 2.20. The van der Waals surface area contributed by atoms with Crippen LogP contribution in [0.3, 0.4) is 0 Å². The zero-order valence-corrected chi connectivity index (χ0v) is 16.4. The molecule has 1 heterocycles. The molecule has 0 spiro atoms. The van der Waals surface area contributed by atoms with Crippen molar-refractivity contribution in [1.29, 1.82) is 0 Å². The molecule has 27 heavy (non-hydrogen) atoms. The molecule has 142 valence electrons. The second-order valence-corrected chi connectivity index (χ2v) is 7.37. The van der Waals surface area contributed by atoms with E-state index in [-0.39, 0.29) is 17.9 Å². The molecule has 1 aliphatic rings. The molecule has 1 atom stereocenters. The highest BCUT2D eigenvalue weighted by molar-refractivity contribution is 5.95. The summed E-state index contributed by atoms with van der Waals surface area (Å²) in [5.74, 6) is 0.145. The summed E-state index contributed by atoms with van der Waals surface area (Å²) in [6.07, 6.45) is 1.20. The van der Waals surface area contributed by atoms with Gasteiger partial charge >= 0.3 is 0 Å². The topological polar surface area (TPSA) is 40.6 Å². The molecule has 4 nitrogen and oxygen atoms in total. The number of amides is 2. The standard InChI is InChI=1S/C23H28N2O2/c1-4-21-16-24(23(27)20-11-10-17(2)18(3)14-20)13-12-22(26)25(21)15-19-8-6-5-7-9-19/h5-11,14,21H,4,12-13,15-16H2,1-3H3.